The highest BCUT2D eigenvalue weighted by atomic mass is 16.3. The molecule has 3 aromatic rings. The summed E-state index contributed by atoms with van der Waals surface area (Å²) >= 11 is 0. The Bertz CT molecular complexity index is 713. The number of aliphatic hydroxyl groups is 1. The number of aromatic nitrogens is 3. The van der Waals surface area contributed by atoms with Crippen LogP contribution in [-0.4, -0.2) is 19.7 Å². The number of hydrogen-bond donors (Lipinski definition) is 2. The molecule has 3 N–H and O–H groups in total. The molecule has 0 saturated heterocycles. The van der Waals surface area contributed by atoms with Crippen LogP contribution in [0.25, 0.3) is 16.9 Å². The van der Waals surface area contributed by atoms with Crippen LogP contribution in [0, 0.1) is 0 Å². The number of rotatable bonds is 2. The van der Waals surface area contributed by atoms with Crippen molar-refractivity contribution in [2.75, 3.05) is 0 Å². The van der Waals surface area contributed by atoms with E-state index in [1.165, 1.54) is 6.92 Å². The normalized spacial score (nSPS) is 14.5. The number of imidazole rings is 1. The Kier molecular flexibility index (Phi) is 2.58. The molecule has 0 aliphatic heterocycles. The van der Waals surface area contributed by atoms with Crippen molar-refractivity contribution in [1.82, 2.24) is 14.6 Å². The van der Waals surface area contributed by atoms with Gasteiger partial charge in [0.25, 0.3) is 0 Å². The molecule has 0 bridgehead atoms. The van der Waals surface area contributed by atoms with Crippen molar-refractivity contribution in [3.05, 3.63) is 54.4 Å². The third-order valence-electron chi connectivity index (χ3n) is 2.98. The summed E-state index contributed by atoms with van der Waals surface area (Å²) in [6.07, 6.45) is 3.42. The number of benzene rings is 1. The fourth-order valence-electron chi connectivity index (χ4n) is 2.05. The lowest BCUT2D eigenvalue weighted by atomic mass is 9.99. The summed E-state index contributed by atoms with van der Waals surface area (Å²) in [4.78, 5) is 4.16. The minimum absolute atomic E-state index is 0.553. The molecule has 0 amide bonds. The van der Waals surface area contributed by atoms with Gasteiger partial charge in [-0.25, -0.2) is 9.50 Å². The van der Waals surface area contributed by atoms with E-state index < -0.39 is 5.72 Å². The fourth-order valence-corrected chi connectivity index (χ4v) is 2.05. The Labute approximate surface area is 110 Å². The molecule has 0 aliphatic carbocycles. The first kappa shape index (κ1) is 11.8. The number of nitrogens with two attached hydrogens (primary N) is 1. The molecule has 96 valence electrons. The van der Waals surface area contributed by atoms with E-state index in [0.717, 1.165) is 5.56 Å². The van der Waals surface area contributed by atoms with Crippen LogP contribution >= 0.6 is 0 Å². The average Bonchev–Trinajstić information content (AvgIpc) is 2.84. The van der Waals surface area contributed by atoms with Crippen molar-refractivity contribution in [2.45, 2.75) is 12.6 Å². The van der Waals surface area contributed by atoms with Crippen LogP contribution in [0.1, 0.15) is 12.5 Å². The second-order valence-electron chi connectivity index (χ2n) is 4.65. The third kappa shape index (κ3) is 2.09. The smallest absolute Gasteiger partial charge is 0.153 e. The van der Waals surface area contributed by atoms with E-state index in [4.69, 9.17) is 5.73 Å². The summed E-state index contributed by atoms with van der Waals surface area (Å²) in [6, 6.07) is 11.4. The van der Waals surface area contributed by atoms with E-state index in [2.05, 4.69) is 10.1 Å². The topological polar surface area (TPSA) is 76.4 Å². The van der Waals surface area contributed by atoms with Gasteiger partial charge in [-0.15, -0.1) is 0 Å². The Balaban J connectivity index is 2.32. The van der Waals surface area contributed by atoms with Crippen LogP contribution in [0.4, 0.5) is 0 Å². The van der Waals surface area contributed by atoms with Gasteiger partial charge in [0.2, 0.25) is 0 Å². The van der Waals surface area contributed by atoms with Crippen LogP contribution < -0.4 is 5.73 Å². The lowest BCUT2D eigenvalue weighted by Gasteiger charge is -2.21. The first-order valence-corrected chi connectivity index (χ1v) is 5.97. The van der Waals surface area contributed by atoms with Gasteiger partial charge in [-0.3, -0.25) is 5.73 Å². The van der Waals surface area contributed by atoms with Crippen molar-refractivity contribution in [3.63, 3.8) is 0 Å². The summed E-state index contributed by atoms with van der Waals surface area (Å²) in [5.41, 5.74) is 7.13. The number of hydrogen-bond acceptors (Lipinski definition) is 4. The summed E-state index contributed by atoms with van der Waals surface area (Å²) < 4.78 is 1.66. The first-order chi connectivity index (χ1) is 9.05. The Hall–Kier alpha value is -2.24. The second kappa shape index (κ2) is 4.15. The van der Waals surface area contributed by atoms with E-state index >= 15 is 0 Å². The molecule has 1 aromatic carbocycles. The van der Waals surface area contributed by atoms with Crippen molar-refractivity contribution < 1.29 is 5.11 Å². The molecule has 5 nitrogen and oxygen atoms in total. The average molecular weight is 254 g/mol. The molecule has 1 atom stereocenters. The van der Waals surface area contributed by atoms with Crippen molar-refractivity contribution in [2.24, 2.45) is 5.73 Å². The van der Waals surface area contributed by atoms with E-state index in [1.54, 1.807) is 23.0 Å². The van der Waals surface area contributed by atoms with E-state index in [-0.39, 0.29) is 0 Å². The van der Waals surface area contributed by atoms with Gasteiger partial charge >= 0.3 is 0 Å². The molecule has 0 fully saturated rings. The lowest BCUT2D eigenvalue weighted by molar-refractivity contribution is 0.0649. The fraction of sp³-hybridized carbons (Fsp3) is 0.143. The van der Waals surface area contributed by atoms with Gasteiger partial charge in [-0.1, -0.05) is 30.3 Å². The SMILES string of the molecule is CC(N)(O)c1cc2nccn2nc1-c1ccccc1. The highest BCUT2D eigenvalue weighted by Crippen LogP contribution is 2.27. The maximum absolute atomic E-state index is 10.1. The van der Waals surface area contributed by atoms with E-state index in [1.807, 2.05) is 30.3 Å². The Morgan fingerprint density at radius 2 is 2.00 bits per heavy atom. The standard InChI is InChI=1S/C14H14N4O/c1-14(15,19)11-9-12-16-7-8-18(12)17-13(11)10-5-3-2-4-6-10/h2-9,19H,15H2,1H3. The summed E-state index contributed by atoms with van der Waals surface area (Å²) in [5.74, 6) is 0. The van der Waals surface area contributed by atoms with Crippen molar-refractivity contribution >= 4 is 5.65 Å². The molecule has 19 heavy (non-hydrogen) atoms. The van der Waals surface area contributed by atoms with E-state index in [0.29, 0.717) is 16.9 Å². The molecule has 3 rings (SSSR count). The third-order valence-corrected chi connectivity index (χ3v) is 2.98. The maximum Gasteiger partial charge on any atom is 0.153 e. The number of fused-ring (bicyclic) bond motifs is 1. The zero-order chi connectivity index (χ0) is 13.5. The molecule has 5 heteroatoms. The van der Waals surface area contributed by atoms with Gasteiger partial charge in [0.15, 0.2) is 5.65 Å². The van der Waals surface area contributed by atoms with Crippen LogP contribution in [0.3, 0.4) is 0 Å². The predicted octanol–water partition coefficient (Wildman–Crippen LogP) is 1.52. The van der Waals surface area contributed by atoms with Crippen LogP contribution in [0.15, 0.2) is 48.8 Å². The zero-order valence-electron chi connectivity index (χ0n) is 10.5. The van der Waals surface area contributed by atoms with E-state index in [9.17, 15) is 5.11 Å². The Morgan fingerprint density at radius 3 is 2.68 bits per heavy atom. The van der Waals surface area contributed by atoms with Gasteiger partial charge in [0.1, 0.15) is 5.72 Å². The molecule has 0 aliphatic rings. The molecular weight excluding hydrogens is 240 g/mol. The predicted molar refractivity (Wildman–Crippen MR) is 72.2 cm³/mol. The van der Waals surface area contributed by atoms with Gasteiger partial charge in [0, 0.05) is 23.5 Å². The number of nitrogens with zero attached hydrogens (tertiary/aromatic N) is 3. The lowest BCUT2D eigenvalue weighted by Crippen LogP contribution is -2.33. The highest BCUT2D eigenvalue weighted by Gasteiger charge is 2.23. The highest BCUT2D eigenvalue weighted by molar-refractivity contribution is 5.65. The summed E-state index contributed by atoms with van der Waals surface area (Å²) in [7, 11) is 0. The molecular formula is C14H14N4O. The Morgan fingerprint density at radius 1 is 1.26 bits per heavy atom. The zero-order valence-corrected chi connectivity index (χ0v) is 10.5. The second-order valence-corrected chi connectivity index (χ2v) is 4.65. The maximum atomic E-state index is 10.1. The quantitative estimate of drug-likeness (QED) is 0.680. The largest absolute Gasteiger partial charge is 0.372 e. The van der Waals surface area contributed by atoms with Crippen LogP contribution in [0.5, 0.6) is 0 Å². The van der Waals surface area contributed by atoms with Gasteiger partial charge in [-0.2, -0.15) is 5.10 Å². The van der Waals surface area contributed by atoms with Gasteiger partial charge in [0.05, 0.1) is 5.69 Å². The first-order valence-electron chi connectivity index (χ1n) is 5.97. The molecule has 2 aromatic heterocycles. The molecule has 0 radical (unpaired) electrons. The molecule has 0 saturated carbocycles. The van der Waals surface area contributed by atoms with Crippen LogP contribution in [0.2, 0.25) is 0 Å². The molecule has 2 heterocycles. The molecule has 0 spiro atoms. The van der Waals surface area contributed by atoms with Gasteiger partial charge < -0.3 is 5.11 Å². The molecule has 1 unspecified atom stereocenters. The van der Waals surface area contributed by atoms with Crippen molar-refractivity contribution in [3.8, 4) is 11.3 Å². The minimum Gasteiger partial charge on any atom is -0.372 e. The van der Waals surface area contributed by atoms with Gasteiger partial charge in [-0.05, 0) is 13.0 Å². The van der Waals surface area contributed by atoms with Crippen molar-refractivity contribution in [1.29, 1.82) is 0 Å². The minimum atomic E-state index is -1.47. The summed E-state index contributed by atoms with van der Waals surface area (Å²) in [6.45, 7) is 1.54. The summed E-state index contributed by atoms with van der Waals surface area (Å²) in [5, 5.41) is 14.6. The van der Waals surface area contributed by atoms with Crippen LogP contribution in [-0.2, 0) is 5.72 Å². The monoisotopic (exact) mass is 254 g/mol.